The Kier molecular flexibility index (Phi) is 8.05. The largest absolute Gasteiger partial charge is 0.487 e. The Bertz CT molecular complexity index is 1450. The highest BCUT2D eigenvalue weighted by Crippen LogP contribution is 2.32. The van der Waals surface area contributed by atoms with E-state index in [1.165, 1.54) is 16.7 Å². The van der Waals surface area contributed by atoms with Gasteiger partial charge in [-0.15, -0.1) is 0 Å². The fourth-order valence-corrected chi connectivity index (χ4v) is 6.76. The van der Waals surface area contributed by atoms with E-state index in [4.69, 9.17) is 9.72 Å². The average molecular weight is 703 g/mol. The fourth-order valence-electron chi connectivity index (χ4n) is 4.63. The Morgan fingerprint density at radius 2 is 1.72 bits per heavy atom. The van der Waals surface area contributed by atoms with Crippen molar-refractivity contribution in [2.45, 2.75) is 51.6 Å². The number of hydrogen-bond donors (Lipinski definition) is 0. The van der Waals surface area contributed by atoms with E-state index in [9.17, 15) is 4.79 Å². The maximum absolute atomic E-state index is 13.4. The highest BCUT2D eigenvalue weighted by molar-refractivity contribution is 14.1. The van der Waals surface area contributed by atoms with Crippen molar-refractivity contribution >= 4 is 62.3 Å². The third-order valence-electron chi connectivity index (χ3n) is 6.60. The minimum absolute atomic E-state index is 0.111. The molecule has 1 aliphatic carbocycles. The van der Waals surface area contributed by atoms with E-state index >= 15 is 0 Å². The molecule has 5 rings (SSSR count). The summed E-state index contributed by atoms with van der Waals surface area (Å²) in [6.07, 6.45) is 7.42. The first-order chi connectivity index (χ1) is 17.5. The Morgan fingerprint density at radius 3 is 2.44 bits per heavy atom. The van der Waals surface area contributed by atoms with E-state index in [1.54, 1.807) is 6.21 Å². The number of aryl methyl sites for hydroxylation is 1. The molecule has 0 saturated heterocycles. The summed E-state index contributed by atoms with van der Waals surface area (Å²) in [4.78, 5) is 18.3. The lowest BCUT2D eigenvalue weighted by molar-refractivity contribution is 0.301. The molecule has 1 aromatic heterocycles. The lowest BCUT2D eigenvalue weighted by Crippen LogP contribution is -2.25. The molecule has 0 bridgehead atoms. The normalized spacial score (nSPS) is 14.5. The van der Waals surface area contributed by atoms with E-state index in [-0.39, 0.29) is 11.5 Å². The maximum atomic E-state index is 13.4. The van der Waals surface area contributed by atoms with E-state index < -0.39 is 0 Å². The quantitative estimate of drug-likeness (QED) is 0.155. The molecule has 0 spiro atoms. The van der Waals surface area contributed by atoms with Crippen molar-refractivity contribution in [3.63, 3.8) is 0 Å². The van der Waals surface area contributed by atoms with Gasteiger partial charge in [0.1, 0.15) is 18.2 Å². The fraction of sp³-hybridized carbons (Fsp3) is 0.276. The lowest BCUT2D eigenvalue weighted by Gasteiger charge is -2.22. The summed E-state index contributed by atoms with van der Waals surface area (Å²) in [5.41, 5.74) is 3.92. The lowest BCUT2D eigenvalue weighted by atomic mass is 9.88. The van der Waals surface area contributed by atoms with Crippen molar-refractivity contribution in [2.24, 2.45) is 5.10 Å². The Balaban J connectivity index is 1.45. The van der Waals surface area contributed by atoms with Gasteiger partial charge in [0.05, 0.1) is 24.3 Å². The summed E-state index contributed by atoms with van der Waals surface area (Å²) in [6, 6.07) is 20.0. The molecule has 0 atom stereocenters. The predicted octanol–water partition coefficient (Wildman–Crippen LogP) is 7.42. The number of nitrogens with zero attached hydrogens (tertiary/aromatic N) is 3. The number of para-hydroxylation sites is 1. The average Bonchev–Trinajstić information content (AvgIpc) is 2.89. The van der Waals surface area contributed by atoms with Gasteiger partial charge in [0.2, 0.25) is 0 Å². The zero-order valence-electron chi connectivity index (χ0n) is 20.1. The topological polar surface area (TPSA) is 56.5 Å². The van der Waals surface area contributed by atoms with E-state index in [0.29, 0.717) is 12.0 Å². The zero-order valence-corrected chi connectivity index (χ0v) is 24.4. The van der Waals surface area contributed by atoms with Crippen LogP contribution in [0.1, 0.15) is 60.5 Å². The number of ether oxygens (including phenoxy) is 1. The monoisotopic (exact) mass is 703 g/mol. The predicted molar refractivity (Wildman–Crippen MR) is 162 cm³/mol. The first kappa shape index (κ1) is 25.4. The van der Waals surface area contributed by atoms with Gasteiger partial charge in [-0.1, -0.05) is 61.2 Å². The molecule has 1 saturated carbocycles. The van der Waals surface area contributed by atoms with E-state index in [2.05, 4.69) is 81.5 Å². The summed E-state index contributed by atoms with van der Waals surface area (Å²) in [7, 11) is 0. The van der Waals surface area contributed by atoms with Crippen LogP contribution in [-0.2, 0) is 6.61 Å². The number of halogens is 2. The summed E-state index contributed by atoms with van der Waals surface area (Å²) in [5.74, 6) is 1.89. The van der Waals surface area contributed by atoms with E-state index in [0.717, 1.165) is 61.0 Å². The molecule has 0 aliphatic heterocycles. The molecule has 184 valence electrons. The summed E-state index contributed by atoms with van der Waals surface area (Å²) < 4.78 is 9.69. The summed E-state index contributed by atoms with van der Waals surface area (Å²) in [5, 5.41) is 5.28. The molecule has 1 aliphatic rings. The Labute approximate surface area is 238 Å². The van der Waals surface area contributed by atoms with Crippen molar-refractivity contribution in [3.05, 3.63) is 101 Å². The molecular weight excluding hydrogens is 676 g/mol. The van der Waals surface area contributed by atoms with E-state index in [1.807, 2.05) is 36.4 Å². The second-order valence-electron chi connectivity index (χ2n) is 9.27. The van der Waals surface area contributed by atoms with Gasteiger partial charge in [0, 0.05) is 5.92 Å². The van der Waals surface area contributed by atoms with Gasteiger partial charge < -0.3 is 4.74 Å². The molecule has 4 aromatic rings. The molecule has 7 heteroatoms. The van der Waals surface area contributed by atoms with Gasteiger partial charge in [-0.2, -0.15) is 9.78 Å². The minimum Gasteiger partial charge on any atom is -0.487 e. The van der Waals surface area contributed by atoms with Crippen molar-refractivity contribution in [1.82, 2.24) is 9.66 Å². The first-order valence-corrected chi connectivity index (χ1v) is 14.4. The van der Waals surface area contributed by atoms with Crippen LogP contribution in [-0.4, -0.2) is 15.9 Å². The smallest absolute Gasteiger partial charge is 0.282 e. The molecule has 0 amide bonds. The number of fused-ring (bicyclic) bond motifs is 1. The highest BCUT2D eigenvalue weighted by atomic mass is 127. The molecule has 1 heterocycles. The number of aromatic nitrogens is 2. The van der Waals surface area contributed by atoms with Crippen LogP contribution in [0.4, 0.5) is 0 Å². The molecule has 1 fully saturated rings. The number of hydrogen-bond acceptors (Lipinski definition) is 4. The molecule has 0 radical (unpaired) electrons. The first-order valence-electron chi connectivity index (χ1n) is 12.2. The maximum Gasteiger partial charge on any atom is 0.282 e. The second kappa shape index (κ2) is 11.4. The van der Waals surface area contributed by atoms with Gasteiger partial charge in [-0.05, 0) is 100 Å². The van der Waals surface area contributed by atoms with Crippen molar-refractivity contribution in [1.29, 1.82) is 0 Å². The van der Waals surface area contributed by atoms with Crippen LogP contribution in [0.2, 0.25) is 0 Å². The van der Waals surface area contributed by atoms with Crippen LogP contribution in [0.15, 0.2) is 70.6 Å². The Hall–Kier alpha value is -2.27. The van der Waals surface area contributed by atoms with Gasteiger partial charge in [-0.25, -0.2) is 4.98 Å². The van der Waals surface area contributed by atoms with Crippen LogP contribution >= 0.6 is 45.2 Å². The highest BCUT2D eigenvalue weighted by Gasteiger charge is 2.22. The summed E-state index contributed by atoms with van der Waals surface area (Å²) in [6.45, 7) is 2.60. The van der Waals surface area contributed by atoms with Crippen LogP contribution < -0.4 is 10.3 Å². The van der Waals surface area contributed by atoms with Crippen LogP contribution in [0.5, 0.6) is 5.75 Å². The zero-order chi connectivity index (χ0) is 25.1. The Morgan fingerprint density at radius 1 is 1.03 bits per heavy atom. The SMILES string of the molecule is Cc1ccc(COc2c(I)cc(C=Nn3c(C4CCCCC4)nc4ccccc4c3=O)cc2I)cc1. The molecule has 5 nitrogen and oxygen atoms in total. The minimum atomic E-state index is -0.111. The summed E-state index contributed by atoms with van der Waals surface area (Å²) >= 11 is 4.60. The second-order valence-corrected chi connectivity index (χ2v) is 11.6. The van der Waals surface area contributed by atoms with Crippen LogP contribution in [0.3, 0.4) is 0 Å². The van der Waals surface area contributed by atoms with Gasteiger partial charge in [-0.3, -0.25) is 4.79 Å². The van der Waals surface area contributed by atoms with Crippen molar-refractivity contribution < 1.29 is 4.74 Å². The van der Waals surface area contributed by atoms with Gasteiger partial charge in [0.25, 0.3) is 5.56 Å². The third-order valence-corrected chi connectivity index (χ3v) is 8.20. The molecule has 0 unspecified atom stereocenters. The standard InChI is InChI=1S/C29H27I2N3O2/c1-19-11-13-20(14-12-19)18-36-27-24(30)15-21(16-25(27)31)17-32-34-28(22-7-3-2-4-8-22)33-26-10-6-5-9-23(26)29(34)35/h5-6,9-17,22H,2-4,7-8,18H2,1H3. The van der Waals surface area contributed by atoms with Gasteiger partial charge >= 0.3 is 0 Å². The number of rotatable bonds is 6. The molecule has 36 heavy (non-hydrogen) atoms. The third kappa shape index (κ3) is 5.66. The molecule has 0 N–H and O–H groups in total. The number of benzene rings is 3. The van der Waals surface area contributed by atoms with Crippen molar-refractivity contribution in [2.75, 3.05) is 0 Å². The van der Waals surface area contributed by atoms with Crippen LogP contribution in [0.25, 0.3) is 10.9 Å². The van der Waals surface area contributed by atoms with Crippen LogP contribution in [0, 0.1) is 14.1 Å². The molecule has 3 aromatic carbocycles. The van der Waals surface area contributed by atoms with Crippen molar-refractivity contribution in [3.8, 4) is 5.75 Å². The van der Waals surface area contributed by atoms with Gasteiger partial charge in [0.15, 0.2) is 0 Å². The molecular formula is C29H27I2N3O2.